The Bertz CT molecular complexity index is 2030. The normalized spacial score (nSPS) is 21.8. The SMILES string of the molecule is C[C@@H](O)CN1CC2CCC(C1)N2c1nc(OCC(C)(C)CN2CCOCC2)nc2c(F)c(-c3ncc(F)c4sc(N)c(C#N)c34)c3c(c12)COC3. The number of aliphatic hydroxyl groups excluding tert-OH is 1. The van der Waals surface area contributed by atoms with E-state index in [1.165, 1.54) is 0 Å². The first-order valence-corrected chi connectivity index (χ1v) is 18.4. The van der Waals surface area contributed by atoms with Crippen LogP contribution >= 0.6 is 11.3 Å². The number of nitrogens with zero attached hydrogens (tertiary/aromatic N) is 7. The third kappa shape index (κ3) is 6.15. The van der Waals surface area contributed by atoms with E-state index in [1.807, 2.05) is 0 Å². The van der Waals surface area contributed by atoms with E-state index >= 15 is 8.78 Å². The summed E-state index contributed by atoms with van der Waals surface area (Å²) in [5, 5.41) is 21.0. The number of halogens is 2. The Labute approximate surface area is 298 Å². The molecule has 4 aliphatic heterocycles. The van der Waals surface area contributed by atoms with Crippen LogP contribution in [0.15, 0.2) is 6.20 Å². The van der Waals surface area contributed by atoms with Crippen LogP contribution in [-0.4, -0.2) is 107 Å². The Balaban J connectivity index is 1.28. The van der Waals surface area contributed by atoms with Crippen molar-refractivity contribution in [3.05, 3.63) is 34.5 Å². The molecule has 2 bridgehead atoms. The second kappa shape index (κ2) is 13.3. The van der Waals surface area contributed by atoms with Crippen LogP contribution in [0.2, 0.25) is 0 Å². The van der Waals surface area contributed by atoms with Gasteiger partial charge in [0.2, 0.25) is 0 Å². The molecular formula is C36H42F2N8O4S. The minimum Gasteiger partial charge on any atom is -0.463 e. The quantitative estimate of drug-likeness (QED) is 0.252. The number of piperazine rings is 1. The zero-order valence-electron chi connectivity index (χ0n) is 29.0. The van der Waals surface area contributed by atoms with E-state index in [0.29, 0.717) is 43.1 Å². The maximum atomic E-state index is 17.5. The molecule has 0 radical (unpaired) electrons. The molecule has 0 spiro atoms. The van der Waals surface area contributed by atoms with Gasteiger partial charge in [-0.1, -0.05) is 13.8 Å². The number of rotatable bonds is 9. The lowest BCUT2D eigenvalue weighted by molar-refractivity contribution is 0.0125. The molecule has 1 aromatic carbocycles. The fourth-order valence-electron chi connectivity index (χ4n) is 8.41. The zero-order valence-corrected chi connectivity index (χ0v) is 29.9. The number of likely N-dealkylation sites (tertiary alicyclic amines) is 1. The number of nitrogen functional groups attached to an aromatic ring is 1. The summed E-state index contributed by atoms with van der Waals surface area (Å²) in [5.41, 5.74) is 7.55. The summed E-state index contributed by atoms with van der Waals surface area (Å²) in [4.78, 5) is 21.1. The van der Waals surface area contributed by atoms with Crippen molar-refractivity contribution >= 4 is 43.1 Å². The van der Waals surface area contributed by atoms with Crippen LogP contribution in [0.5, 0.6) is 6.01 Å². The molecular weight excluding hydrogens is 679 g/mol. The van der Waals surface area contributed by atoms with E-state index in [0.717, 1.165) is 68.7 Å². The van der Waals surface area contributed by atoms with Crippen LogP contribution < -0.4 is 15.4 Å². The number of nitrogens with two attached hydrogens (primary N) is 1. The fraction of sp³-hybridized carbons (Fsp3) is 0.556. The Kier molecular flexibility index (Phi) is 8.97. The number of morpholine rings is 1. The van der Waals surface area contributed by atoms with Crippen molar-refractivity contribution in [3.8, 4) is 23.3 Å². The van der Waals surface area contributed by atoms with Gasteiger partial charge >= 0.3 is 6.01 Å². The molecule has 12 nitrogen and oxygen atoms in total. The number of aromatic nitrogens is 3. The smallest absolute Gasteiger partial charge is 0.319 e. The van der Waals surface area contributed by atoms with Gasteiger partial charge in [0.1, 0.15) is 22.4 Å². The molecule has 15 heteroatoms. The van der Waals surface area contributed by atoms with Gasteiger partial charge in [0.05, 0.1) is 66.7 Å². The highest BCUT2D eigenvalue weighted by Gasteiger charge is 2.43. The monoisotopic (exact) mass is 720 g/mol. The predicted octanol–water partition coefficient (Wildman–Crippen LogP) is 4.44. The molecule has 3 atom stereocenters. The Morgan fingerprint density at radius 3 is 2.53 bits per heavy atom. The molecule has 3 aromatic heterocycles. The van der Waals surface area contributed by atoms with Crippen molar-refractivity contribution in [2.45, 2.75) is 65.0 Å². The van der Waals surface area contributed by atoms with E-state index in [-0.39, 0.29) is 74.1 Å². The van der Waals surface area contributed by atoms with Crippen molar-refractivity contribution in [2.24, 2.45) is 5.41 Å². The number of benzene rings is 1. The van der Waals surface area contributed by atoms with Gasteiger partial charge in [-0.15, -0.1) is 11.3 Å². The van der Waals surface area contributed by atoms with Crippen molar-refractivity contribution in [3.63, 3.8) is 0 Å². The van der Waals surface area contributed by atoms with Gasteiger partial charge in [0.25, 0.3) is 0 Å². The van der Waals surface area contributed by atoms with Gasteiger partial charge in [-0.05, 0) is 30.9 Å². The molecule has 0 saturated carbocycles. The van der Waals surface area contributed by atoms with E-state index < -0.39 is 17.7 Å². The van der Waals surface area contributed by atoms with Crippen LogP contribution in [0.4, 0.5) is 19.6 Å². The van der Waals surface area contributed by atoms with Gasteiger partial charge < -0.3 is 30.0 Å². The van der Waals surface area contributed by atoms with E-state index in [1.54, 1.807) is 6.92 Å². The van der Waals surface area contributed by atoms with Gasteiger partial charge in [0, 0.05) is 67.7 Å². The number of hydrogen-bond donors (Lipinski definition) is 2. The van der Waals surface area contributed by atoms with Crippen molar-refractivity contribution in [1.29, 1.82) is 5.26 Å². The molecule has 3 N–H and O–H groups in total. The molecule has 4 aliphatic rings. The Morgan fingerprint density at radius 1 is 1.10 bits per heavy atom. The lowest BCUT2D eigenvalue weighted by atomic mass is 9.93. The molecule has 3 fully saturated rings. The number of aliphatic hydroxyl groups is 1. The summed E-state index contributed by atoms with van der Waals surface area (Å²) in [6.07, 6.45) is 2.46. The first-order valence-electron chi connectivity index (χ1n) is 17.5. The highest BCUT2D eigenvalue weighted by molar-refractivity contribution is 7.23. The van der Waals surface area contributed by atoms with Crippen molar-refractivity contribution in [2.75, 3.05) is 69.7 Å². The summed E-state index contributed by atoms with van der Waals surface area (Å²) in [6, 6.07) is 2.33. The minimum absolute atomic E-state index is 0.0608. The molecule has 270 valence electrons. The summed E-state index contributed by atoms with van der Waals surface area (Å²) in [6.45, 7) is 12.6. The van der Waals surface area contributed by atoms with Gasteiger partial charge in [0.15, 0.2) is 11.6 Å². The highest BCUT2D eigenvalue weighted by atomic mass is 32.1. The van der Waals surface area contributed by atoms with E-state index in [4.69, 9.17) is 29.9 Å². The topological polar surface area (TPSA) is 146 Å². The molecule has 0 aliphatic carbocycles. The maximum absolute atomic E-state index is 17.5. The number of fused-ring (bicyclic) bond motifs is 6. The third-order valence-electron chi connectivity index (χ3n) is 10.5. The number of hydrogen-bond acceptors (Lipinski definition) is 13. The molecule has 8 rings (SSSR count). The van der Waals surface area contributed by atoms with Crippen molar-refractivity contribution in [1.82, 2.24) is 24.8 Å². The molecule has 0 amide bonds. The largest absolute Gasteiger partial charge is 0.463 e. The minimum atomic E-state index is -0.663. The summed E-state index contributed by atoms with van der Waals surface area (Å²) in [5.74, 6) is -0.692. The second-order valence-electron chi connectivity index (χ2n) is 15.0. The Hall–Kier alpha value is -3.78. The van der Waals surface area contributed by atoms with Crippen molar-refractivity contribution < 1.29 is 28.1 Å². The number of ether oxygens (including phenoxy) is 3. The first kappa shape index (κ1) is 34.3. The van der Waals surface area contributed by atoms with E-state index in [9.17, 15) is 10.4 Å². The number of nitriles is 1. The van der Waals surface area contributed by atoms with Gasteiger partial charge in [-0.25, -0.2) is 8.78 Å². The van der Waals surface area contributed by atoms with Crippen LogP contribution in [0.25, 0.3) is 32.2 Å². The second-order valence-corrected chi connectivity index (χ2v) is 16.1. The molecule has 3 saturated heterocycles. The Morgan fingerprint density at radius 2 is 1.82 bits per heavy atom. The third-order valence-corrected chi connectivity index (χ3v) is 11.5. The maximum Gasteiger partial charge on any atom is 0.319 e. The number of thiophene rings is 1. The van der Waals surface area contributed by atoms with Gasteiger partial charge in [-0.3, -0.25) is 14.8 Å². The standard InChI is InChI=1S/C36H42F2N8O4S/c1-19(47)12-45-13-20-4-5-21(14-45)46(20)34-28-24-16-49-15-23(24)26(30-27-22(10-39)33(40)51-32(27)25(37)11-41-30)29(38)31(28)42-35(43-34)50-18-36(2,3)17-44-6-8-48-9-7-44/h11,19-21,47H,4-9,12-18,40H2,1-3H3/t19-,20?,21?/m1/s1. The molecule has 51 heavy (non-hydrogen) atoms. The number of β-amino-alcohol motifs (C(OH)–C–C–N with tert-alkyl or cyclic N) is 1. The zero-order chi connectivity index (χ0) is 35.6. The molecule has 4 aromatic rings. The number of pyridine rings is 1. The average Bonchev–Trinajstić information content (AvgIpc) is 3.78. The molecule has 2 unspecified atom stereocenters. The number of anilines is 2. The first-order chi connectivity index (χ1) is 24.5. The summed E-state index contributed by atoms with van der Waals surface area (Å²) < 4.78 is 50.6. The van der Waals surface area contributed by atoms with Crippen LogP contribution in [0, 0.1) is 28.4 Å². The summed E-state index contributed by atoms with van der Waals surface area (Å²) >= 11 is 0.942. The lowest BCUT2D eigenvalue weighted by Gasteiger charge is -2.42. The average molecular weight is 721 g/mol. The van der Waals surface area contributed by atoms with Gasteiger partial charge in [-0.2, -0.15) is 15.2 Å². The predicted molar refractivity (Wildman–Crippen MR) is 190 cm³/mol. The van der Waals surface area contributed by atoms with Crippen LogP contribution in [0.1, 0.15) is 50.3 Å². The van der Waals surface area contributed by atoms with Crippen LogP contribution in [-0.2, 0) is 22.7 Å². The van der Waals surface area contributed by atoms with Crippen LogP contribution in [0.3, 0.4) is 0 Å². The lowest BCUT2D eigenvalue weighted by Crippen LogP contribution is -2.55. The molecule has 7 heterocycles. The van der Waals surface area contributed by atoms with E-state index in [2.05, 4.69) is 39.6 Å². The highest BCUT2D eigenvalue weighted by Crippen LogP contribution is 2.48. The fourth-order valence-corrected chi connectivity index (χ4v) is 9.33. The summed E-state index contributed by atoms with van der Waals surface area (Å²) in [7, 11) is 0.